The number of rotatable bonds is 7. The Morgan fingerprint density at radius 2 is 1.52 bits per heavy atom. The van der Waals surface area contributed by atoms with E-state index in [-0.39, 0.29) is 9.52 Å². The first-order chi connectivity index (χ1) is 10.9. The van der Waals surface area contributed by atoms with E-state index >= 15 is 0 Å². The van der Waals surface area contributed by atoms with Gasteiger partial charge in [0.2, 0.25) is 0 Å². The summed E-state index contributed by atoms with van der Waals surface area (Å²) in [5.74, 6) is 0.749. The molecule has 0 amide bonds. The Kier molecular flexibility index (Phi) is 6.47. The van der Waals surface area contributed by atoms with Crippen LogP contribution in [0.4, 0.5) is 0 Å². The third kappa shape index (κ3) is 4.47. The van der Waals surface area contributed by atoms with Gasteiger partial charge >= 0.3 is 0 Å². The van der Waals surface area contributed by atoms with Crippen LogP contribution in [0.3, 0.4) is 0 Å². The first-order valence-electron chi connectivity index (χ1n) is 9.38. The average Bonchev–Trinajstić information content (AvgIpc) is 2.69. The second kappa shape index (κ2) is 8.15. The van der Waals surface area contributed by atoms with Crippen LogP contribution in [0.2, 0.25) is 6.04 Å². The molecule has 0 fully saturated rings. The van der Waals surface area contributed by atoms with Crippen molar-refractivity contribution in [1.29, 1.82) is 0 Å². The van der Waals surface area contributed by atoms with Gasteiger partial charge in [-0.25, -0.2) is 0 Å². The highest BCUT2D eigenvalue weighted by Gasteiger charge is 2.26. The largest absolute Gasteiger partial charge is 0.0664 e. The van der Waals surface area contributed by atoms with Crippen molar-refractivity contribution in [2.24, 2.45) is 5.92 Å². The van der Waals surface area contributed by atoms with Crippen molar-refractivity contribution in [2.75, 3.05) is 0 Å². The summed E-state index contributed by atoms with van der Waals surface area (Å²) in [6.45, 7) is 13.8. The maximum Gasteiger partial charge on any atom is 0.0556 e. The van der Waals surface area contributed by atoms with Crippen LogP contribution in [0.15, 0.2) is 40.5 Å². The van der Waals surface area contributed by atoms with E-state index in [4.69, 9.17) is 0 Å². The zero-order valence-corrected chi connectivity index (χ0v) is 17.5. The minimum absolute atomic E-state index is 0.189. The van der Waals surface area contributed by atoms with Gasteiger partial charge in [-0.2, -0.15) is 0 Å². The predicted molar refractivity (Wildman–Crippen MR) is 108 cm³/mol. The van der Waals surface area contributed by atoms with Gasteiger partial charge < -0.3 is 0 Å². The maximum atomic E-state index is 2.42. The summed E-state index contributed by atoms with van der Waals surface area (Å²) in [6.07, 6.45) is 5.38. The number of aryl methyl sites for hydroxylation is 2. The van der Waals surface area contributed by atoms with Gasteiger partial charge in [-0.05, 0) is 70.6 Å². The summed E-state index contributed by atoms with van der Waals surface area (Å²) in [6, 6.07) is 8.55. The van der Waals surface area contributed by atoms with E-state index < -0.39 is 0 Å². The van der Waals surface area contributed by atoms with Gasteiger partial charge in [-0.1, -0.05) is 65.4 Å². The zero-order chi connectivity index (χ0) is 17.0. The van der Waals surface area contributed by atoms with Crippen LogP contribution in [-0.2, 0) is 0 Å². The first-order valence-corrected chi connectivity index (χ1v) is 11.1. The molecule has 0 radical (unpaired) electrons. The summed E-state index contributed by atoms with van der Waals surface area (Å²) in [5, 5.41) is 1.64. The van der Waals surface area contributed by atoms with E-state index in [1.165, 1.54) is 42.9 Å². The highest BCUT2D eigenvalue weighted by Crippen LogP contribution is 2.41. The van der Waals surface area contributed by atoms with Gasteiger partial charge in [0.1, 0.15) is 0 Å². The molecule has 1 atom stereocenters. The lowest BCUT2D eigenvalue weighted by Gasteiger charge is -2.18. The molecule has 1 aromatic carbocycles. The summed E-state index contributed by atoms with van der Waals surface area (Å²) in [5.41, 5.74) is 9.47. The van der Waals surface area contributed by atoms with Crippen LogP contribution < -0.4 is 5.19 Å². The first kappa shape index (κ1) is 18.3. The zero-order valence-electron chi connectivity index (χ0n) is 16.1. The molecule has 0 N–H and O–H groups in total. The van der Waals surface area contributed by atoms with Crippen molar-refractivity contribution in [3.63, 3.8) is 0 Å². The molecular weight excluding hydrogens is 292 g/mol. The minimum atomic E-state index is -0.189. The highest BCUT2D eigenvalue weighted by molar-refractivity contribution is 6.53. The smallest absolute Gasteiger partial charge is 0.0556 e. The topological polar surface area (TPSA) is 0 Å². The fourth-order valence-corrected chi connectivity index (χ4v) is 6.50. The molecule has 23 heavy (non-hydrogen) atoms. The van der Waals surface area contributed by atoms with Gasteiger partial charge in [0.15, 0.2) is 0 Å². The predicted octanol–water partition coefficient (Wildman–Crippen LogP) is 5.38. The van der Waals surface area contributed by atoms with Crippen molar-refractivity contribution in [3.8, 4) is 0 Å². The summed E-state index contributed by atoms with van der Waals surface area (Å²) < 4.78 is 0. The summed E-state index contributed by atoms with van der Waals surface area (Å²) >= 11 is 0. The Morgan fingerprint density at radius 3 is 2.13 bits per heavy atom. The van der Waals surface area contributed by atoms with Crippen molar-refractivity contribution in [1.82, 2.24) is 0 Å². The lowest BCUT2D eigenvalue weighted by Crippen LogP contribution is -2.19. The van der Waals surface area contributed by atoms with Crippen molar-refractivity contribution < 1.29 is 0 Å². The molecule has 0 bridgehead atoms. The molecule has 0 heterocycles. The van der Waals surface area contributed by atoms with Crippen LogP contribution in [0.5, 0.6) is 0 Å². The molecule has 1 aliphatic rings. The fraction of sp³-hybridized carbons (Fsp3) is 0.545. The van der Waals surface area contributed by atoms with E-state index in [0.717, 1.165) is 5.92 Å². The van der Waals surface area contributed by atoms with Gasteiger partial charge in [0.25, 0.3) is 0 Å². The molecule has 0 saturated heterocycles. The van der Waals surface area contributed by atoms with E-state index in [1.54, 1.807) is 27.5 Å². The van der Waals surface area contributed by atoms with Crippen LogP contribution in [0.25, 0.3) is 0 Å². The molecule has 1 aromatic rings. The molecule has 1 aliphatic carbocycles. The highest BCUT2D eigenvalue weighted by atomic mass is 28.2. The molecule has 0 aliphatic heterocycles. The molecule has 1 unspecified atom stereocenters. The molecule has 2 rings (SSSR count). The van der Waals surface area contributed by atoms with Gasteiger partial charge in [-0.3, -0.25) is 0 Å². The molecule has 1 heteroatoms. The normalized spacial score (nSPS) is 18.8. The standard InChI is InChI=1S/C22H34Si/c1-7-8-9-10-21-18(5)17(4)19(6)22(21)14-23-20-12-15(2)11-16(3)13-20/h11-13,22H,7-10,14,23H2,1-6H3. The fourth-order valence-electron chi connectivity index (χ4n) is 4.16. The molecular formula is C22H34Si. The number of benzene rings is 1. The van der Waals surface area contributed by atoms with E-state index in [0.29, 0.717) is 0 Å². The van der Waals surface area contributed by atoms with Crippen molar-refractivity contribution >= 4 is 14.7 Å². The Morgan fingerprint density at radius 1 is 0.870 bits per heavy atom. The number of hydrogen-bond donors (Lipinski definition) is 0. The van der Waals surface area contributed by atoms with Crippen LogP contribution >= 0.6 is 0 Å². The third-order valence-corrected chi connectivity index (χ3v) is 7.48. The van der Waals surface area contributed by atoms with Crippen LogP contribution in [0, 0.1) is 19.8 Å². The second-order valence-electron chi connectivity index (χ2n) is 7.50. The molecule has 0 aromatic heterocycles. The average molecular weight is 327 g/mol. The Hall–Kier alpha value is -1.08. The Bertz CT molecular complexity index is 599. The Labute approximate surface area is 145 Å². The van der Waals surface area contributed by atoms with E-state index in [1.807, 2.05) is 0 Å². The summed E-state index contributed by atoms with van der Waals surface area (Å²) in [4.78, 5) is 0. The van der Waals surface area contributed by atoms with Gasteiger partial charge in [0, 0.05) is 0 Å². The minimum Gasteiger partial charge on any atom is -0.0664 e. The SMILES string of the molecule is CCCCCC1=C(C)C(C)=C(C)C1C[SiH2]c1cc(C)cc(C)c1. The van der Waals surface area contributed by atoms with Gasteiger partial charge in [0.05, 0.1) is 9.52 Å². The molecule has 0 spiro atoms. The second-order valence-corrected chi connectivity index (χ2v) is 9.40. The monoisotopic (exact) mass is 326 g/mol. The van der Waals surface area contributed by atoms with Crippen molar-refractivity contribution in [3.05, 3.63) is 51.6 Å². The molecule has 0 saturated carbocycles. The molecule has 0 nitrogen and oxygen atoms in total. The lowest BCUT2D eigenvalue weighted by atomic mass is 9.93. The quantitative estimate of drug-likeness (QED) is 0.466. The number of hydrogen-bond acceptors (Lipinski definition) is 0. The van der Waals surface area contributed by atoms with Crippen molar-refractivity contribution in [2.45, 2.75) is 73.3 Å². The van der Waals surface area contributed by atoms with Crippen LogP contribution in [-0.4, -0.2) is 9.52 Å². The number of allylic oxidation sites excluding steroid dienone is 4. The van der Waals surface area contributed by atoms with E-state index in [2.05, 4.69) is 59.7 Å². The van der Waals surface area contributed by atoms with Gasteiger partial charge in [-0.15, -0.1) is 0 Å². The number of unbranched alkanes of at least 4 members (excludes halogenated alkanes) is 2. The molecule has 126 valence electrons. The third-order valence-electron chi connectivity index (χ3n) is 5.63. The summed E-state index contributed by atoms with van der Waals surface area (Å²) in [7, 11) is -0.189. The van der Waals surface area contributed by atoms with E-state index in [9.17, 15) is 0 Å². The lowest BCUT2D eigenvalue weighted by molar-refractivity contribution is 0.664. The Balaban J connectivity index is 2.09. The van der Waals surface area contributed by atoms with Crippen LogP contribution in [0.1, 0.15) is 64.5 Å². The maximum absolute atomic E-state index is 2.42.